The smallest absolute Gasteiger partial charge is 0.415 e. The molecule has 2 N–H and O–H groups in total. The van der Waals surface area contributed by atoms with E-state index in [1.165, 1.54) is 4.90 Å². The second kappa shape index (κ2) is 5.05. The van der Waals surface area contributed by atoms with Crippen LogP contribution in [0.2, 0.25) is 0 Å². The maximum Gasteiger partial charge on any atom is 0.415 e. The van der Waals surface area contributed by atoms with Crippen molar-refractivity contribution in [2.24, 2.45) is 5.73 Å². The predicted octanol–water partition coefficient (Wildman–Crippen LogP) is 1.78. The van der Waals surface area contributed by atoms with Crippen molar-refractivity contribution in [3.63, 3.8) is 0 Å². The van der Waals surface area contributed by atoms with Gasteiger partial charge in [0.25, 0.3) is 0 Å². The van der Waals surface area contributed by atoms with Crippen molar-refractivity contribution in [1.29, 1.82) is 0 Å². The van der Waals surface area contributed by atoms with E-state index in [1.807, 2.05) is 32.0 Å². The van der Waals surface area contributed by atoms with Crippen LogP contribution in [0.3, 0.4) is 0 Å². The van der Waals surface area contributed by atoms with Gasteiger partial charge in [-0.1, -0.05) is 6.58 Å². The SMILES string of the molecule is C=C(N)C1CN(c2ccc3c(c2)CC(=O)N3C(C)C)C(=O)O1. The Morgan fingerprint density at radius 3 is 2.73 bits per heavy atom. The van der Waals surface area contributed by atoms with Gasteiger partial charge in [0.05, 0.1) is 13.0 Å². The van der Waals surface area contributed by atoms with Crippen LogP contribution in [0.1, 0.15) is 19.4 Å². The molecule has 116 valence electrons. The molecule has 1 aromatic rings. The van der Waals surface area contributed by atoms with E-state index in [0.29, 0.717) is 24.4 Å². The van der Waals surface area contributed by atoms with Crippen LogP contribution in [0.25, 0.3) is 0 Å². The van der Waals surface area contributed by atoms with Gasteiger partial charge in [-0.25, -0.2) is 4.79 Å². The Kier molecular flexibility index (Phi) is 3.31. The number of anilines is 2. The number of benzene rings is 1. The molecule has 6 nitrogen and oxygen atoms in total. The number of hydrogen-bond donors (Lipinski definition) is 1. The average molecular weight is 301 g/mol. The first-order valence-corrected chi connectivity index (χ1v) is 7.26. The molecular weight excluding hydrogens is 282 g/mol. The van der Waals surface area contributed by atoms with Gasteiger partial charge in [-0.15, -0.1) is 0 Å². The fraction of sp³-hybridized carbons (Fsp3) is 0.375. The van der Waals surface area contributed by atoms with Gasteiger partial charge in [-0.05, 0) is 37.6 Å². The van der Waals surface area contributed by atoms with E-state index in [4.69, 9.17) is 10.5 Å². The van der Waals surface area contributed by atoms with Crippen molar-refractivity contribution in [2.75, 3.05) is 16.3 Å². The van der Waals surface area contributed by atoms with Crippen LogP contribution in [0.15, 0.2) is 30.5 Å². The molecule has 2 heterocycles. The van der Waals surface area contributed by atoms with Gasteiger partial charge in [0.2, 0.25) is 5.91 Å². The molecule has 0 aromatic heterocycles. The molecule has 0 radical (unpaired) electrons. The van der Waals surface area contributed by atoms with Crippen molar-refractivity contribution in [3.8, 4) is 0 Å². The van der Waals surface area contributed by atoms with E-state index in [-0.39, 0.29) is 11.9 Å². The summed E-state index contributed by atoms with van der Waals surface area (Å²) >= 11 is 0. The van der Waals surface area contributed by atoms with Crippen LogP contribution >= 0.6 is 0 Å². The predicted molar refractivity (Wildman–Crippen MR) is 83.7 cm³/mol. The number of nitrogens with two attached hydrogens (primary N) is 1. The molecule has 1 fully saturated rings. The zero-order valence-corrected chi connectivity index (χ0v) is 12.7. The Morgan fingerprint density at radius 1 is 1.41 bits per heavy atom. The lowest BCUT2D eigenvalue weighted by molar-refractivity contribution is -0.117. The largest absolute Gasteiger partial charge is 0.438 e. The highest BCUT2D eigenvalue weighted by Gasteiger charge is 2.35. The van der Waals surface area contributed by atoms with Gasteiger partial charge in [0.1, 0.15) is 0 Å². The van der Waals surface area contributed by atoms with E-state index >= 15 is 0 Å². The summed E-state index contributed by atoms with van der Waals surface area (Å²) in [5.41, 5.74) is 8.50. The third kappa shape index (κ3) is 2.20. The minimum atomic E-state index is -0.491. The molecule has 0 saturated carbocycles. The Bertz CT molecular complexity index is 669. The Hall–Kier alpha value is -2.50. The summed E-state index contributed by atoms with van der Waals surface area (Å²) in [6, 6.07) is 5.70. The molecule has 2 amide bonds. The molecular formula is C16H19N3O3. The second-order valence-corrected chi connectivity index (χ2v) is 5.91. The molecule has 0 bridgehead atoms. The number of amides is 2. The van der Waals surface area contributed by atoms with Crippen molar-refractivity contribution in [2.45, 2.75) is 32.4 Å². The van der Waals surface area contributed by atoms with Crippen molar-refractivity contribution in [3.05, 3.63) is 36.0 Å². The summed E-state index contributed by atoms with van der Waals surface area (Å²) in [6.07, 6.45) is -0.576. The van der Waals surface area contributed by atoms with Crippen molar-refractivity contribution >= 4 is 23.4 Å². The zero-order valence-electron chi connectivity index (χ0n) is 12.7. The maximum atomic E-state index is 12.1. The molecule has 22 heavy (non-hydrogen) atoms. The monoisotopic (exact) mass is 301 g/mol. The normalized spacial score (nSPS) is 20.6. The van der Waals surface area contributed by atoms with Gasteiger partial charge >= 0.3 is 6.09 Å². The number of nitrogens with zero attached hydrogens (tertiary/aromatic N) is 2. The number of hydrogen-bond acceptors (Lipinski definition) is 4. The van der Waals surface area contributed by atoms with Crippen LogP contribution in [0, 0.1) is 0 Å². The summed E-state index contributed by atoms with van der Waals surface area (Å²) in [6.45, 7) is 7.93. The van der Waals surface area contributed by atoms with Gasteiger partial charge < -0.3 is 15.4 Å². The molecule has 3 rings (SSSR count). The fourth-order valence-electron chi connectivity index (χ4n) is 2.93. The van der Waals surface area contributed by atoms with Gasteiger partial charge in [0, 0.05) is 23.1 Å². The summed E-state index contributed by atoms with van der Waals surface area (Å²) in [4.78, 5) is 27.4. The first-order valence-electron chi connectivity index (χ1n) is 7.26. The highest BCUT2D eigenvalue weighted by atomic mass is 16.6. The van der Waals surface area contributed by atoms with Crippen LogP contribution in [-0.4, -0.2) is 30.7 Å². The van der Waals surface area contributed by atoms with E-state index in [9.17, 15) is 9.59 Å². The highest BCUT2D eigenvalue weighted by Crippen LogP contribution is 2.35. The molecule has 1 unspecified atom stereocenters. The molecule has 1 saturated heterocycles. The zero-order chi connectivity index (χ0) is 16.0. The van der Waals surface area contributed by atoms with Crippen molar-refractivity contribution < 1.29 is 14.3 Å². The molecule has 1 aromatic carbocycles. The lowest BCUT2D eigenvalue weighted by Gasteiger charge is -2.22. The molecule has 2 aliphatic heterocycles. The number of rotatable bonds is 3. The van der Waals surface area contributed by atoms with Crippen LogP contribution in [-0.2, 0) is 16.0 Å². The number of carbonyl (C=O) groups excluding carboxylic acids is 2. The molecule has 0 aliphatic carbocycles. The quantitative estimate of drug-likeness (QED) is 0.923. The standard InChI is InChI=1S/C16H19N3O3/c1-9(2)19-13-5-4-12(6-11(13)7-15(19)20)18-8-14(10(3)17)22-16(18)21/h4-6,9,14H,3,7-8,17H2,1-2H3. The lowest BCUT2D eigenvalue weighted by Crippen LogP contribution is -2.33. The third-order valence-corrected chi connectivity index (χ3v) is 3.99. The van der Waals surface area contributed by atoms with Gasteiger partial charge in [0.15, 0.2) is 6.10 Å². The maximum absolute atomic E-state index is 12.1. The second-order valence-electron chi connectivity index (χ2n) is 5.91. The summed E-state index contributed by atoms with van der Waals surface area (Å²) in [5.74, 6) is 0.0827. The Morgan fingerprint density at radius 2 is 2.14 bits per heavy atom. The van der Waals surface area contributed by atoms with Crippen LogP contribution in [0.5, 0.6) is 0 Å². The first-order chi connectivity index (χ1) is 10.4. The molecule has 2 aliphatic rings. The Balaban J connectivity index is 1.90. The third-order valence-electron chi connectivity index (χ3n) is 3.99. The van der Waals surface area contributed by atoms with E-state index in [2.05, 4.69) is 6.58 Å². The average Bonchev–Trinajstić information content (AvgIpc) is 2.97. The number of fused-ring (bicyclic) bond motifs is 1. The number of ether oxygens (including phenoxy) is 1. The van der Waals surface area contributed by atoms with Crippen LogP contribution in [0.4, 0.5) is 16.2 Å². The minimum absolute atomic E-state index is 0.0827. The lowest BCUT2D eigenvalue weighted by atomic mass is 10.1. The van der Waals surface area contributed by atoms with Crippen LogP contribution < -0.4 is 15.5 Å². The van der Waals surface area contributed by atoms with E-state index < -0.39 is 12.2 Å². The van der Waals surface area contributed by atoms with E-state index in [0.717, 1.165) is 11.3 Å². The molecule has 0 spiro atoms. The van der Waals surface area contributed by atoms with Crippen molar-refractivity contribution in [1.82, 2.24) is 0 Å². The van der Waals surface area contributed by atoms with Gasteiger partial charge in [-0.3, -0.25) is 9.69 Å². The number of cyclic esters (lactones) is 1. The van der Waals surface area contributed by atoms with Gasteiger partial charge in [-0.2, -0.15) is 0 Å². The Labute approximate surface area is 129 Å². The summed E-state index contributed by atoms with van der Waals surface area (Å²) in [7, 11) is 0. The van der Waals surface area contributed by atoms with E-state index in [1.54, 1.807) is 4.90 Å². The molecule has 1 atom stereocenters. The number of carbonyl (C=O) groups is 2. The highest BCUT2D eigenvalue weighted by molar-refractivity contribution is 6.02. The molecule has 6 heteroatoms. The fourth-order valence-corrected chi connectivity index (χ4v) is 2.93. The summed E-state index contributed by atoms with van der Waals surface area (Å²) < 4.78 is 5.17. The summed E-state index contributed by atoms with van der Waals surface area (Å²) in [5, 5.41) is 0. The minimum Gasteiger partial charge on any atom is -0.438 e. The topological polar surface area (TPSA) is 75.9 Å². The first kappa shape index (κ1) is 14.4.